The Labute approximate surface area is 134 Å². The minimum atomic E-state index is -0.705. The van der Waals surface area contributed by atoms with Gasteiger partial charge in [-0.2, -0.15) is 0 Å². The molecule has 0 aromatic rings. The maximum Gasteiger partial charge on any atom is 0.411 e. The van der Waals surface area contributed by atoms with E-state index in [0.717, 1.165) is 0 Å². The highest BCUT2D eigenvalue weighted by Crippen LogP contribution is 2.26. The van der Waals surface area contributed by atoms with Crippen LogP contribution in [0.1, 0.15) is 55.4 Å². The van der Waals surface area contributed by atoms with Crippen molar-refractivity contribution < 1.29 is 24.2 Å². The van der Waals surface area contributed by atoms with Crippen LogP contribution in [0.3, 0.4) is 0 Å². The highest BCUT2D eigenvalue weighted by atomic mass is 16.6. The highest BCUT2D eigenvalue weighted by Gasteiger charge is 2.42. The molecule has 132 valence electrons. The molecule has 0 aliphatic carbocycles. The third-order valence-corrected chi connectivity index (χ3v) is 3.00. The van der Waals surface area contributed by atoms with Crippen LogP contribution in [-0.2, 0) is 14.3 Å². The number of hydrogen-bond acceptors (Lipinski definition) is 5. The average molecular weight is 319 g/mol. The number of aliphatic hydroxyl groups is 1. The first-order valence-electron chi connectivity index (χ1n) is 7.41. The molecule has 0 aromatic heterocycles. The van der Waals surface area contributed by atoms with Crippen LogP contribution < -0.4 is 0 Å². The molecule has 0 bridgehead atoms. The van der Waals surface area contributed by atoms with E-state index in [-0.39, 0.29) is 19.9 Å². The van der Waals surface area contributed by atoms with Crippen molar-refractivity contribution in [2.75, 3.05) is 13.7 Å². The number of rotatable bonds is 1. The molecule has 1 aliphatic rings. The molecule has 1 N–H and O–H groups in total. The summed E-state index contributed by atoms with van der Waals surface area (Å²) in [6, 6.07) is -0.705. The molecule has 0 spiro atoms. The van der Waals surface area contributed by atoms with E-state index < -0.39 is 29.8 Å². The molecule has 1 amide bonds. The molecule has 6 nitrogen and oxygen atoms in total. The molecule has 22 heavy (non-hydrogen) atoms. The fourth-order valence-electron chi connectivity index (χ4n) is 2.27. The van der Waals surface area contributed by atoms with Gasteiger partial charge in [0.25, 0.3) is 0 Å². The minimum Gasteiger partial charge on any atom is -0.467 e. The van der Waals surface area contributed by atoms with E-state index in [1.54, 1.807) is 27.7 Å². The Morgan fingerprint density at radius 1 is 1.23 bits per heavy atom. The van der Waals surface area contributed by atoms with Gasteiger partial charge in [-0.05, 0) is 33.1 Å². The van der Waals surface area contributed by atoms with Crippen LogP contribution in [0.25, 0.3) is 0 Å². The number of carbonyl (C=O) groups is 2. The first-order valence-corrected chi connectivity index (χ1v) is 7.41. The molecular formula is C16H33NO5. The molecule has 1 saturated heterocycles. The Balaban J connectivity index is 0. The van der Waals surface area contributed by atoms with Crippen molar-refractivity contribution in [3.63, 3.8) is 0 Å². The number of methoxy groups -OCH3 is 1. The van der Waals surface area contributed by atoms with Crippen LogP contribution in [0, 0.1) is 5.92 Å². The van der Waals surface area contributed by atoms with E-state index in [2.05, 4.69) is 0 Å². The third-order valence-electron chi connectivity index (χ3n) is 3.00. The van der Waals surface area contributed by atoms with Crippen LogP contribution in [-0.4, -0.2) is 53.5 Å². The lowest BCUT2D eigenvalue weighted by molar-refractivity contribution is -0.152. The van der Waals surface area contributed by atoms with Crippen molar-refractivity contribution in [1.29, 1.82) is 0 Å². The maximum absolute atomic E-state index is 12.1. The number of piperidine rings is 1. The summed E-state index contributed by atoms with van der Waals surface area (Å²) in [5.74, 6) is -0.658. The highest BCUT2D eigenvalue weighted by molar-refractivity contribution is 5.82. The number of β-amino-alcohol motifs (C(OH)–C–C–N with tert-alkyl or cyclic N) is 1. The summed E-state index contributed by atoms with van der Waals surface area (Å²) in [4.78, 5) is 25.2. The van der Waals surface area contributed by atoms with Crippen LogP contribution in [0.5, 0.6) is 0 Å². The Kier molecular flexibility index (Phi) is 10.1. The predicted octanol–water partition coefficient (Wildman–Crippen LogP) is 2.83. The Morgan fingerprint density at radius 3 is 2.14 bits per heavy atom. The number of ether oxygens (including phenoxy) is 2. The molecule has 0 saturated carbocycles. The van der Waals surface area contributed by atoms with E-state index in [1.165, 1.54) is 12.0 Å². The Morgan fingerprint density at radius 2 is 1.73 bits per heavy atom. The molecule has 0 radical (unpaired) electrons. The molecule has 1 aliphatic heterocycles. The monoisotopic (exact) mass is 319 g/mol. The van der Waals surface area contributed by atoms with Gasteiger partial charge in [-0.3, -0.25) is 4.90 Å². The Bertz CT molecular complexity index is 351. The summed E-state index contributed by atoms with van der Waals surface area (Å²) in [6.07, 6.45) is -0.795. The normalized spacial score (nSPS) is 24.4. The average Bonchev–Trinajstić information content (AvgIpc) is 2.37. The number of nitrogens with zero attached hydrogens (tertiary/aromatic N) is 1. The van der Waals surface area contributed by atoms with Crippen molar-refractivity contribution in [2.45, 2.75) is 73.1 Å². The van der Waals surface area contributed by atoms with Crippen LogP contribution >= 0.6 is 0 Å². The number of amides is 1. The molecule has 6 heteroatoms. The summed E-state index contributed by atoms with van der Waals surface area (Å²) in [7, 11) is 1.29. The summed E-state index contributed by atoms with van der Waals surface area (Å²) in [6.45, 7) is 11.1. The summed E-state index contributed by atoms with van der Waals surface area (Å²) in [5, 5.41) is 9.77. The second-order valence-electron chi connectivity index (χ2n) is 5.97. The maximum atomic E-state index is 12.1. The number of aliphatic hydroxyl groups excluding tert-OH is 1. The number of likely N-dealkylation sites (tertiary alicyclic amines) is 1. The van der Waals surface area contributed by atoms with Gasteiger partial charge in [0.15, 0.2) is 0 Å². The molecule has 1 fully saturated rings. The van der Waals surface area contributed by atoms with E-state index in [9.17, 15) is 14.7 Å². The number of carbonyl (C=O) groups excluding carboxylic acids is 2. The van der Waals surface area contributed by atoms with Crippen LogP contribution in [0.15, 0.2) is 0 Å². The van der Waals surface area contributed by atoms with Gasteiger partial charge in [0, 0.05) is 0 Å². The molecule has 3 atom stereocenters. The zero-order chi connectivity index (χ0) is 16.8. The molecule has 1 heterocycles. The first-order chi connectivity index (χ1) is 9.65. The van der Waals surface area contributed by atoms with E-state index >= 15 is 0 Å². The quantitative estimate of drug-likeness (QED) is 0.752. The van der Waals surface area contributed by atoms with Gasteiger partial charge in [0.2, 0.25) is 0 Å². The lowest BCUT2D eigenvalue weighted by Crippen LogP contribution is -2.57. The topological polar surface area (TPSA) is 76.1 Å². The van der Waals surface area contributed by atoms with Gasteiger partial charge < -0.3 is 14.6 Å². The van der Waals surface area contributed by atoms with Gasteiger partial charge in [0.1, 0.15) is 11.6 Å². The number of esters is 1. The van der Waals surface area contributed by atoms with Crippen molar-refractivity contribution >= 4 is 12.1 Å². The van der Waals surface area contributed by atoms with Crippen molar-refractivity contribution in [3.05, 3.63) is 0 Å². The van der Waals surface area contributed by atoms with Crippen molar-refractivity contribution in [1.82, 2.24) is 4.90 Å². The van der Waals surface area contributed by atoms with Gasteiger partial charge in [-0.25, -0.2) is 9.59 Å². The van der Waals surface area contributed by atoms with E-state index in [1.807, 2.05) is 13.8 Å². The molecule has 3 unspecified atom stereocenters. The van der Waals surface area contributed by atoms with Gasteiger partial charge in [-0.1, -0.05) is 28.2 Å². The largest absolute Gasteiger partial charge is 0.467 e. The molecular weight excluding hydrogens is 286 g/mol. The predicted molar refractivity (Wildman–Crippen MR) is 86.6 cm³/mol. The summed E-state index contributed by atoms with van der Waals surface area (Å²) < 4.78 is 10.0. The molecule has 1 rings (SSSR count). The van der Waals surface area contributed by atoms with Crippen molar-refractivity contribution in [3.8, 4) is 0 Å². The lowest BCUT2D eigenvalue weighted by Gasteiger charge is -2.40. The smallest absolute Gasteiger partial charge is 0.411 e. The number of hydrogen-bond donors (Lipinski definition) is 1. The van der Waals surface area contributed by atoms with Crippen LogP contribution in [0.4, 0.5) is 4.79 Å². The second-order valence-corrected chi connectivity index (χ2v) is 5.97. The van der Waals surface area contributed by atoms with E-state index in [4.69, 9.17) is 9.47 Å². The zero-order valence-corrected chi connectivity index (χ0v) is 14.2. The van der Waals surface area contributed by atoms with Gasteiger partial charge in [0.05, 0.1) is 19.8 Å². The molecule has 0 aromatic carbocycles. The van der Waals surface area contributed by atoms with Gasteiger partial charge >= 0.3 is 12.1 Å². The first kappa shape index (κ1) is 23.0. The van der Waals surface area contributed by atoms with Gasteiger partial charge in [-0.15, -0.1) is 0 Å². The standard InChI is InChI=1S/C13H23NO5.C2H6.CH4/c1-8-6-9(15)7-14(10(8)11(16)18-5)12(17)19-13(2,3)4;1-2;/h8-10,15H,6-7H2,1-5H3;1-2H3;1H4. The SMILES string of the molecule is C.CC.COC(=O)C1C(C)CC(O)CN1C(=O)OC(C)(C)C. The van der Waals surface area contributed by atoms with E-state index in [0.29, 0.717) is 6.42 Å². The second kappa shape index (κ2) is 9.66. The zero-order valence-electron chi connectivity index (χ0n) is 14.2. The van der Waals surface area contributed by atoms with Crippen molar-refractivity contribution in [2.24, 2.45) is 5.92 Å². The minimum absolute atomic E-state index is 0. The van der Waals surface area contributed by atoms with Crippen LogP contribution in [0.2, 0.25) is 0 Å². The fraction of sp³-hybridized carbons (Fsp3) is 0.875. The summed E-state index contributed by atoms with van der Waals surface area (Å²) >= 11 is 0. The summed E-state index contributed by atoms with van der Waals surface area (Å²) in [5.41, 5.74) is -0.649. The lowest BCUT2D eigenvalue weighted by atomic mass is 9.89. The Hall–Kier alpha value is -1.30. The third kappa shape index (κ3) is 6.64. The fourth-order valence-corrected chi connectivity index (χ4v) is 2.27.